The van der Waals surface area contributed by atoms with Crippen LogP contribution in [0.3, 0.4) is 0 Å². The highest BCUT2D eigenvalue weighted by Gasteiger charge is 2.59. The van der Waals surface area contributed by atoms with E-state index < -0.39 is 25.7 Å². The number of allylic oxidation sites excluding steroid dienone is 3. The Labute approximate surface area is 220 Å². The Morgan fingerprint density at radius 1 is 1.08 bits per heavy atom. The lowest BCUT2D eigenvalue weighted by Crippen LogP contribution is -2.63. The number of carbonyl (C=O) groups is 2. The molecule has 4 saturated carbocycles. The van der Waals surface area contributed by atoms with Crippen molar-refractivity contribution in [2.24, 2.45) is 23.2 Å². The molecule has 5 aliphatic carbocycles. The van der Waals surface area contributed by atoms with Crippen LogP contribution in [0.25, 0.3) is 0 Å². The van der Waals surface area contributed by atoms with Crippen molar-refractivity contribution in [1.29, 1.82) is 0 Å². The van der Waals surface area contributed by atoms with Gasteiger partial charge < -0.3 is 10.2 Å². The topological polar surface area (TPSA) is 95.6 Å². The summed E-state index contributed by atoms with van der Waals surface area (Å²) in [5.74, 6) is 1.43. The summed E-state index contributed by atoms with van der Waals surface area (Å²) in [7, 11) is -3.81. The summed E-state index contributed by atoms with van der Waals surface area (Å²) < 4.78 is 29.0. The van der Waals surface area contributed by atoms with E-state index >= 15 is 0 Å². The maximum atomic E-state index is 13.5. The normalized spacial score (nSPS) is 39.6. The van der Waals surface area contributed by atoms with Crippen LogP contribution in [0.1, 0.15) is 72.1 Å². The fraction of sp³-hybridized carbons (Fsp3) is 0.778. The summed E-state index contributed by atoms with van der Waals surface area (Å²) in [4.78, 5) is 27.7. The molecule has 1 saturated heterocycles. The number of likely N-dealkylation sites (tertiary alicyclic amines) is 1. The van der Waals surface area contributed by atoms with Gasteiger partial charge in [0, 0.05) is 31.1 Å². The summed E-state index contributed by atoms with van der Waals surface area (Å²) in [6.45, 7) is 6.92. The van der Waals surface area contributed by atoms with Crippen LogP contribution in [-0.2, 0) is 19.6 Å². The zero-order valence-electron chi connectivity index (χ0n) is 21.6. The predicted molar refractivity (Wildman–Crippen MR) is 141 cm³/mol. The van der Waals surface area contributed by atoms with Crippen molar-refractivity contribution >= 4 is 33.4 Å². The van der Waals surface area contributed by atoms with Gasteiger partial charge in [0.1, 0.15) is 5.25 Å². The third kappa shape index (κ3) is 4.90. The van der Waals surface area contributed by atoms with Crippen LogP contribution in [0.15, 0.2) is 24.3 Å². The van der Waals surface area contributed by atoms with E-state index in [9.17, 15) is 18.0 Å². The lowest BCUT2D eigenvalue weighted by Gasteiger charge is -2.59. The lowest BCUT2D eigenvalue weighted by atomic mass is 9.47. The van der Waals surface area contributed by atoms with E-state index in [0.29, 0.717) is 23.7 Å². The molecule has 7 nitrogen and oxygen atoms in total. The van der Waals surface area contributed by atoms with E-state index in [4.69, 9.17) is 11.6 Å². The van der Waals surface area contributed by atoms with E-state index in [1.165, 1.54) is 0 Å². The number of hydrogen-bond donors (Lipinski definition) is 2. The van der Waals surface area contributed by atoms with Crippen molar-refractivity contribution in [3.63, 3.8) is 0 Å². The Kier molecular flexibility index (Phi) is 6.65. The van der Waals surface area contributed by atoms with Gasteiger partial charge in [-0.15, -0.1) is 11.6 Å². The number of halogens is 1. The summed E-state index contributed by atoms with van der Waals surface area (Å²) in [5, 5.41) is 2.35. The molecule has 4 bridgehead atoms. The number of nitrogens with one attached hydrogen (secondary N) is 2. The molecule has 0 aromatic rings. The molecular formula is C27H40ClN3O4S. The van der Waals surface area contributed by atoms with Gasteiger partial charge >= 0.3 is 0 Å². The fourth-order valence-electron chi connectivity index (χ4n) is 8.00. The van der Waals surface area contributed by atoms with Crippen LogP contribution < -0.4 is 10.0 Å². The van der Waals surface area contributed by atoms with Crippen LogP contribution in [0.4, 0.5) is 0 Å². The SMILES string of the molecule is CC(C)(CC(=O)NC1C2CC3CC1CC(C(=O)N1CCCC1)(C3)C2)NS(=O)(=O)C1C=CC=CC1(C)Cl. The average molecular weight is 538 g/mol. The second kappa shape index (κ2) is 9.12. The standard InChI is InChI=1S/C27H40ClN3O4S/c1-25(2,30-36(34,35)21-8-4-5-9-26(21,3)28)17-22(32)29-23-19-12-18-13-20(23)16-27(14-18,15-19)24(33)31-10-6-7-11-31/h4-5,8-9,18-21,23,30H,6-7,10-17H2,1-3H3,(H,29,32). The quantitative estimate of drug-likeness (QED) is 0.486. The Hall–Kier alpha value is -1.38. The van der Waals surface area contributed by atoms with Gasteiger partial charge in [-0.1, -0.05) is 24.3 Å². The summed E-state index contributed by atoms with van der Waals surface area (Å²) in [6.07, 6.45) is 13.8. The zero-order chi connectivity index (χ0) is 25.9. The van der Waals surface area contributed by atoms with Crippen LogP contribution in [0, 0.1) is 23.2 Å². The average Bonchev–Trinajstić information content (AvgIpc) is 3.28. The molecule has 4 unspecified atom stereocenters. The van der Waals surface area contributed by atoms with Crippen LogP contribution >= 0.6 is 11.6 Å². The second-order valence-electron chi connectivity index (χ2n) is 12.9. The largest absolute Gasteiger partial charge is 0.353 e. The van der Waals surface area contributed by atoms with Gasteiger partial charge in [0.05, 0.1) is 10.3 Å². The Morgan fingerprint density at radius 3 is 2.33 bits per heavy atom. The number of sulfonamides is 1. The highest BCUT2D eigenvalue weighted by Crippen LogP contribution is 2.60. The third-order valence-corrected chi connectivity index (χ3v) is 11.8. The highest BCUT2D eigenvalue weighted by atomic mass is 35.5. The Bertz CT molecular complexity index is 1060. The first-order valence-electron chi connectivity index (χ1n) is 13.5. The third-order valence-electron chi connectivity index (χ3n) is 9.18. The van der Waals surface area contributed by atoms with Crippen LogP contribution in [-0.4, -0.2) is 59.9 Å². The first-order valence-corrected chi connectivity index (χ1v) is 15.4. The fourth-order valence-corrected chi connectivity index (χ4v) is 10.4. The van der Waals surface area contributed by atoms with Gasteiger partial charge in [0.2, 0.25) is 21.8 Å². The molecular weight excluding hydrogens is 498 g/mol. The van der Waals surface area contributed by atoms with Crippen molar-refractivity contribution in [1.82, 2.24) is 14.9 Å². The minimum atomic E-state index is -3.81. The molecule has 0 spiro atoms. The van der Waals surface area contributed by atoms with Gasteiger partial charge in [-0.05, 0) is 83.5 Å². The smallest absolute Gasteiger partial charge is 0.228 e. The minimum Gasteiger partial charge on any atom is -0.353 e. The molecule has 200 valence electrons. The number of amides is 2. The first-order chi connectivity index (χ1) is 16.8. The van der Waals surface area contributed by atoms with Crippen LogP contribution in [0.5, 0.6) is 0 Å². The van der Waals surface area contributed by atoms with Crippen LogP contribution in [0.2, 0.25) is 0 Å². The predicted octanol–water partition coefficient (Wildman–Crippen LogP) is 3.50. The molecule has 4 atom stereocenters. The maximum absolute atomic E-state index is 13.5. The van der Waals surface area contributed by atoms with Gasteiger partial charge in [-0.3, -0.25) is 9.59 Å². The summed E-state index contributed by atoms with van der Waals surface area (Å²) in [5.41, 5.74) is -1.20. The van der Waals surface area contributed by atoms with E-state index in [-0.39, 0.29) is 23.8 Å². The summed E-state index contributed by atoms with van der Waals surface area (Å²) in [6, 6.07) is 0.0681. The molecule has 6 aliphatic rings. The molecule has 2 amide bonds. The molecule has 5 fully saturated rings. The number of nitrogens with zero attached hydrogens (tertiary/aromatic N) is 1. The van der Waals surface area contributed by atoms with E-state index in [1.54, 1.807) is 45.1 Å². The van der Waals surface area contributed by atoms with Gasteiger partial charge in [0.15, 0.2) is 0 Å². The number of alkyl halides is 1. The molecule has 1 heterocycles. The van der Waals surface area contributed by atoms with Crippen molar-refractivity contribution in [3.05, 3.63) is 24.3 Å². The molecule has 0 aromatic heterocycles. The Balaban J connectivity index is 1.22. The number of hydrogen-bond acceptors (Lipinski definition) is 4. The second-order valence-corrected chi connectivity index (χ2v) is 15.5. The van der Waals surface area contributed by atoms with Gasteiger partial charge in [-0.25, -0.2) is 13.1 Å². The molecule has 6 rings (SSSR count). The summed E-state index contributed by atoms with van der Waals surface area (Å²) >= 11 is 6.47. The molecule has 36 heavy (non-hydrogen) atoms. The molecule has 2 N–H and O–H groups in total. The van der Waals surface area contributed by atoms with Crippen molar-refractivity contribution in [3.8, 4) is 0 Å². The Morgan fingerprint density at radius 2 is 1.72 bits per heavy atom. The van der Waals surface area contributed by atoms with E-state index in [1.807, 2.05) is 0 Å². The van der Waals surface area contributed by atoms with Crippen molar-refractivity contribution in [2.75, 3.05) is 13.1 Å². The first kappa shape index (κ1) is 26.2. The highest BCUT2D eigenvalue weighted by molar-refractivity contribution is 7.90. The van der Waals surface area contributed by atoms with Gasteiger partial charge in [-0.2, -0.15) is 0 Å². The lowest BCUT2D eigenvalue weighted by molar-refractivity contribution is -0.160. The number of rotatable bonds is 7. The van der Waals surface area contributed by atoms with E-state index in [0.717, 1.165) is 58.0 Å². The minimum absolute atomic E-state index is 0.0364. The van der Waals surface area contributed by atoms with Crippen molar-refractivity contribution in [2.45, 2.75) is 93.8 Å². The molecule has 0 aromatic carbocycles. The molecule has 0 radical (unpaired) electrons. The zero-order valence-corrected chi connectivity index (χ0v) is 23.2. The van der Waals surface area contributed by atoms with Gasteiger partial charge in [0.25, 0.3) is 0 Å². The molecule has 1 aliphatic heterocycles. The van der Waals surface area contributed by atoms with E-state index in [2.05, 4.69) is 14.9 Å². The number of carbonyl (C=O) groups excluding carboxylic acids is 2. The maximum Gasteiger partial charge on any atom is 0.228 e. The van der Waals surface area contributed by atoms with Crippen molar-refractivity contribution < 1.29 is 18.0 Å². The molecule has 9 heteroatoms. The monoisotopic (exact) mass is 537 g/mol.